The summed E-state index contributed by atoms with van der Waals surface area (Å²) in [5.74, 6) is 0. The van der Waals surface area contributed by atoms with Crippen LogP contribution >= 0.6 is 0 Å². The van der Waals surface area contributed by atoms with Crippen LogP contribution in [-0.4, -0.2) is 24.9 Å². The fourth-order valence-electron chi connectivity index (χ4n) is 1.19. The lowest BCUT2D eigenvalue weighted by Crippen LogP contribution is -2.21. The smallest absolute Gasteiger partial charge is 0.108 e. The lowest BCUT2D eigenvalue weighted by Gasteiger charge is -2.13. The first-order valence-corrected chi connectivity index (χ1v) is 3.13. The molecule has 2 heterocycles. The molecule has 46 valence electrons. The molecule has 2 fully saturated rings. The Hall–Kier alpha value is -0.0800. The van der Waals surface area contributed by atoms with Crippen molar-refractivity contribution in [3.8, 4) is 0 Å². The summed E-state index contributed by atoms with van der Waals surface area (Å²) in [6.07, 6.45) is 2.55. The van der Waals surface area contributed by atoms with E-state index in [2.05, 4.69) is 6.92 Å². The maximum atomic E-state index is 5.31. The first-order valence-electron chi connectivity index (χ1n) is 3.13. The third-order valence-electron chi connectivity index (χ3n) is 1.80. The van der Waals surface area contributed by atoms with E-state index in [1.54, 1.807) is 0 Å². The fraction of sp³-hybridized carbons (Fsp3) is 1.00. The topological polar surface area (TPSA) is 21.8 Å². The van der Waals surface area contributed by atoms with Crippen LogP contribution in [-0.2, 0) is 9.47 Å². The van der Waals surface area contributed by atoms with Gasteiger partial charge >= 0.3 is 0 Å². The van der Waals surface area contributed by atoms with Gasteiger partial charge < -0.3 is 9.47 Å². The minimum atomic E-state index is 0.429. The number of fused-ring (bicyclic) bond motifs is 1. The largest absolute Gasteiger partial charge is 0.376 e. The molecule has 2 nitrogen and oxygen atoms in total. The van der Waals surface area contributed by atoms with Crippen molar-refractivity contribution < 1.29 is 9.47 Å². The van der Waals surface area contributed by atoms with Crippen LogP contribution in [0.5, 0.6) is 0 Å². The minimum absolute atomic E-state index is 0.429. The predicted octanol–water partition coefficient (Wildman–Crippen LogP) is 0.563. The molecular formula is C6H10O2. The molecule has 0 spiro atoms. The quantitative estimate of drug-likeness (QED) is 0.429. The summed E-state index contributed by atoms with van der Waals surface area (Å²) in [7, 11) is 0. The zero-order chi connectivity index (χ0) is 5.56. The van der Waals surface area contributed by atoms with Gasteiger partial charge in [0.15, 0.2) is 0 Å². The highest BCUT2D eigenvalue weighted by atomic mass is 16.6. The first kappa shape index (κ1) is 4.77. The fourth-order valence-corrected chi connectivity index (χ4v) is 1.19. The van der Waals surface area contributed by atoms with Crippen LogP contribution in [0.25, 0.3) is 0 Å². The maximum absolute atomic E-state index is 5.31. The normalized spacial score (nSPS) is 52.9. The van der Waals surface area contributed by atoms with Crippen molar-refractivity contribution >= 4 is 0 Å². The van der Waals surface area contributed by atoms with Crippen molar-refractivity contribution in [1.82, 2.24) is 0 Å². The minimum Gasteiger partial charge on any atom is -0.376 e. The van der Waals surface area contributed by atoms with Gasteiger partial charge in [-0.15, -0.1) is 0 Å². The van der Waals surface area contributed by atoms with E-state index < -0.39 is 0 Å². The monoisotopic (exact) mass is 114 g/mol. The Labute approximate surface area is 48.8 Å². The SMILES string of the molecule is C[C@@H]1C[C@H]2O[C@H]2CO1. The third-order valence-corrected chi connectivity index (χ3v) is 1.80. The van der Waals surface area contributed by atoms with Crippen LogP contribution in [0.4, 0.5) is 0 Å². The van der Waals surface area contributed by atoms with Gasteiger partial charge in [-0.3, -0.25) is 0 Å². The second-order valence-electron chi connectivity index (χ2n) is 2.59. The summed E-state index contributed by atoms with van der Waals surface area (Å²) in [6.45, 7) is 2.92. The summed E-state index contributed by atoms with van der Waals surface area (Å²) in [5.41, 5.74) is 0. The molecule has 2 aliphatic heterocycles. The second-order valence-corrected chi connectivity index (χ2v) is 2.59. The Morgan fingerprint density at radius 1 is 1.38 bits per heavy atom. The standard InChI is InChI=1S/C6H10O2/c1-4-2-5-6(8-5)3-7-4/h4-6H,2-3H2,1H3/t4-,5-,6+/m1/s1. The van der Waals surface area contributed by atoms with Crippen LogP contribution in [0.3, 0.4) is 0 Å². The summed E-state index contributed by atoms with van der Waals surface area (Å²) >= 11 is 0. The summed E-state index contributed by atoms with van der Waals surface area (Å²) in [6, 6.07) is 0. The van der Waals surface area contributed by atoms with Gasteiger partial charge in [-0.25, -0.2) is 0 Å². The maximum Gasteiger partial charge on any atom is 0.108 e. The van der Waals surface area contributed by atoms with E-state index in [9.17, 15) is 0 Å². The summed E-state index contributed by atoms with van der Waals surface area (Å²) < 4.78 is 10.5. The molecule has 0 N–H and O–H groups in total. The molecule has 0 bridgehead atoms. The molecule has 0 saturated carbocycles. The highest BCUT2D eigenvalue weighted by molar-refractivity contribution is 4.89. The van der Waals surface area contributed by atoms with E-state index in [4.69, 9.17) is 9.47 Å². The Morgan fingerprint density at radius 3 is 2.88 bits per heavy atom. The predicted molar refractivity (Wildman–Crippen MR) is 28.7 cm³/mol. The number of ether oxygens (including phenoxy) is 2. The van der Waals surface area contributed by atoms with Gasteiger partial charge in [0, 0.05) is 6.42 Å². The van der Waals surface area contributed by atoms with Gasteiger partial charge in [-0.05, 0) is 6.92 Å². The lowest BCUT2D eigenvalue weighted by atomic mass is 10.1. The average Bonchev–Trinajstić information content (AvgIpc) is 2.43. The molecule has 3 atom stereocenters. The Kier molecular flexibility index (Phi) is 0.866. The van der Waals surface area contributed by atoms with Gasteiger partial charge in [-0.1, -0.05) is 0 Å². The molecule has 0 unspecified atom stereocenters. The van der Waals surface area contributed by atoms with Crippen molar-refractivity contribution in [2.45, 2.75) is 31.7 Å². The molecule has 8 heavy (non-hydrogen) atoms. The lowest BCUT2D eigenvalue weighted by molar-refractivity contribution is 0.0425. The van der Waals surface area contributed by atoms with E-state index in [0.29, 0.717) is 18.3 Å². The molecule has 2 saturated heterocycles. The van der Waals surface area contributed by atoms with Crippen molar-refractivity contribution in [3.05, 3.63) is 0 Å². The van der Waals surface area contributed by atoms with Gasteiger partial charge in [-0.2, -0.15) is 0 Å². The zero-order valence-electron chi connectivity index (χ0n) is 4.96. The van der Waals surface area contributed by atoms with Crippen LogP contribution < -0.4 is 0 Å². The molecule has 0 aromatic heterocycles. The molecule has 0 aromatic carbocycles. The van der Waals surface area contributed by atoms with Crippen molar-refractivity contribution in [3.63, 3.8) is 0 Å². The zero-order valence-corrected chi connectivity index (χ0v) is 4.96. The van der Waals surface area contributed by atoms with Gasteiger partial charge in [0.25, 0.3) is 0 Å². The molecule has 2 heteroatoms. The van der Waals surface area contributed by atoms with Gasteiger partial charge in [0.05, 0.1) is 18.8 Å². The van der Waals surface area contributed by atoms with Crippen molar-refractivity contribution in [1.29, 1.82) is 0 Å². The van der Waals surface area contributed by atoms with Gasteiger partial charge in [0.2, 0.25) is 0 Å². The Morgan fingerprint density at radius 2 is 2.25 bits per heavy atom. The molecule has 2 rings (SSSR count). The van der Waals surface area contributed by atoms with E-state index in [-0.39, 0.29) is 0 Å². The molecule has 0 aromatic rings. The molecule has 0 aliphatic carbocycles. The van der Waals surface area contributed by atoms with Crippen LogP contribution in [0.15, 0.2) is 0 Å². The van der Waals surface area contributed by atoms with Gasteiger partial charge in [0.1, 0.15) is 6.10 Å². The van der Waals surface area contributed by atoms with E-state index in [1.165, 1.54) is 0 Å². The summed E-state index contributed by atoms with van der Waals surface area (Å²) in [4.78, 5) is 0. The van der Waals surface area contributed by atoms with Crippen LogP contribution in [0.2, 0.25) is 0 Å². The van der Waals surface area contributed by atoms with Crippen molar-refractivity contribution in [2.24, 2.45) is 0 Å². The molecular weight excluding hydrogens is 104 g/mol. The van der Waals surface area contributed by atoms with E-state index >= 15 is 0 Å². The number of rotatable bonds is 0. The third kappa shape index (κ3) is 0.644. The molecule has 2 aliphatic rings. The Balaban J connectivity index is 1.93. The molecule has 0 amide bonds. The number of epoxide rings is 1. The summed E-state index contributed by atoms with van der Waals surface area (Å²) in [5, 5.41) is 0. The van der Waals surface area contributed by atoms with E-state index in [0.717, 1.165) is 13.0 Å². The molecule has 0 radical (unpaired) electrons. The average molecular weight is 114 g/mol. The highest BCUT2D eigenvalue weighted by Crippen LogP contribution is 2.31. The first-order chi connectivity index (χ1) is 3.86. The van der Waals surface area contributed by atoms with Crippen LogP contribution in [0, 0.1) is 0 Å². The van der Waals surface area contributed by atoms with Crippen molar-refractivity contribution in [2.75, 3.05) is 6.61 Å². The van der Waals surface area contributed by atoms with Crippen LogP contribution in [0.1, 0.15) is 13.3 Å². The second kappa shape index (κ2) is 1.45. The number of hydrogen-bond acceptors (Lipinski definition) is 2. The van der Waals surface area contributed by atoms with E-state index in [1.807, 2.05) is 0 Å². The number of hydrogen-bond donors (Lipinski definition) is 0. The highest BCUT2D eigenvalue weighted by Gasteiger charge is 2.43. The Bertz CT molecular complexity index is 103.